The highest BCUT2D eigenvalue weighted by molar-refractivity contribution is 7.98. The molecule has 3 rings (SSSR count). The highest BCUT2D eigenvalue weighted by Crippen LogP contribution is 2.24. The molecule has 1 unspecified atom stereocenters. The van der Waals surface area contributed by atoms with E-state index in [4.69, 9.17) is 0 Å². The summed E-state index contributed by atoms with van der Waals surface area (Å²) in [5, 5.41) is 3.33. The quantitative estimate of drug-likeness (QED) is 0.650. The molecule has 3 aromatic rings. The van der Waals surface area contributed by atoms with Gasteiger partial charge in [0, 0.05) is 40.7 Å². The van der Waals surface area contributed by atoms with Gasteiger partial charge in [0.05, 0.1) is 0 Å². The van der Waals surface area contributed by atoms with Crippen molar-refractivity contribution in [2.24, 2.45) is 0 Å². The van der Waals surface area contributed by atoms with Gasteiger partial charge in [0.25, 0.3) is 0 Å². The van der Waals surface area contributed by atoms with E-state index in [0.717, 1.165) is 27.4 Å². The Labute approximate surface area is 145 Å². The van der Waals surface area contributed by atoms with E-state index >= 15 is 0 Å². The first-order valence-corrected chi connectivity index (χ1v) is 8.85. The van der Waals surface area contributed by atoms with Gasteiger partial charge < -0.3 is 5.32 Å². The molecule has 1 atom stereocenters. The number of hydrogen-bond donors (Lipinski definition) is 1. The van der Waals surface area contributed by atoms with Gasteiger partial charge in [-0.2, -0.15) is 0 Å². The molecular formula is C19H18FN3S. The molecule has 0 saturated heterocycles. The van der Waals surface area contributed by atoms with Crippen molar-refractivity contribution >= 4 is 17.6 Å². The zero-order chi connectivity index (χ0) is 16.9. The molecule has 0 bridgehead atoms. The lowest BCUT2D eigenvalue weighted by Gasteiger charge is -2.15. The molecule has 0 fully saturated rings. The minimum atomic E-state index is -0.227. The summed E-state index contributed by atoms with van der Waals surface area (Å²) in [7, 11) is 0. The first-order valence-electron chi connectivity index (χ1n) is 7.63. The Balaban J connectivity index is 1.73. The second-order valence-corrected chi connectivity index (χ2v) is 6.34. The van der Waals surface area contributed by atoms with Crippen LogP contribution in [-0.4, -0.2) is 16.2 Å². The van der Waals surface area contributed by atoms with Crippen LogP contribution in [0.15, 0.2) is 66.0 Å². The minimum Gasteiger partial charge on any atom is -0.364 e. The van der Waals surface area contributed by atoms with Gasteiger partial charge in [0.2, 0.25) is 0 Å². The van der Waals surface area contributed by atoms with Gasteiger partial charge in [-0.15, -0.1) is 11.8 Å². The van der Waals surface area contributed by atoms with Gasteiger partial charge in [-0.1, -0.05) is 12.1 Å². The standard InChI is InChI=1S/C19H18FN3S/c1-13(14-3-6-17(20)7-4-14)23-19-8-5-15(11-22-19)16-9-18(24-2)12-21-10-16/h3-13H,1-2H3,(H,22,23). The Bertz CT molecular complexity index is 804. The zero-order valence-electron chi connectivity index (χ0n) is 13.5. The summed E-state index contributed by atoms with van der Waals surface area (Å²) in [4.78, 5) is 9.85. The smallest absolute Gasteiger partial charge is 0.126 e. The Kier molecular flexibility index (Phi) is 5.11. The lowest BCUT2D eigenvalue weighted by atomic mass is 10.1. The van der Waals surface area contributed by atoms with E-state index < -0.39 is 0 Å². The summed E-state index contributed by atoms with van der Waals surface area (Å²) < 4.78 is 13.0. The second-order valence-electron chi connectivity index (χ2n) is 5.46. The average molecular weight is 339 g/mol. The molecule has 2 aromatic heterocycles. The fraction of sp³-hybridized carbons (Fsp3) is 0.158. The Morgan fingerprint density at radius 1 is 1.00 bits per heavy atom. The molecule has 0 saturated carbocycles. The third-order valence-corrected chi connectivity index (χ3v) is 4.47. The van der Waals surface area contributed by atoms with E-state index in [1.807, 2.05) is 43.9 Å². The molecule has 1 N–H and O–H groups in total. The summed E-state index contributed by atoms with van der Waals surface area (Å²) in [6, 6.07) is 12.6. The summed E-state index contributed by atoms with van der Waals surface area (Å²) in [5.41, 5.74) is 3.09. The predicted octanol–water partition coefficient (Wildman–Crippen LogP) is 5.18. The number of aromatic nitrogens is 2. The first-order chi connectivity index (χ1) is 11.7. The summed E-state index contributed by atoms with van der Waals surface area (Å²) in [6.45, 7) is 2.02. The van der Waals surface area contributed by atoms with Gasteiger partial charge in [0.1, 0.15) is 11.6 Å². The van der Waals surface area contributed by atoms with Crippen molar-refractivity contribution < 1.29 is 4.39 Å². The van der Waals surface area contributed by atoms with Gasteiger partial charge in [-0.25, -0.2) is 9.37 Å². The number of nitrogens with one attached hydrogen (secondary N) is 1. The monoisotopic (exact) mass is 339 g/mol. The minimum absolute atomic E-state index is 0.0467. The number of thioether (sulfide) groups is 1. The van der Waals surface area contributed by atoms with Gasteiger partial charge in [0.15, 0.2) is 0 Å². The van der Waals surface area contributed by atoms with Crippen molar-refractivity contribution in [1.82, 2.24) is 9.97 Å². The van der Waals surface area contributed by atoms with E-state index in [1.54, 1.807) is 23.9 Å². The predicted molar refractivity (Wildman–Crippen MR) is 97.7 cm³/mol. The summed E-state index contributed by atoms with van der Waals surface area (Å²) in [5.74, 6) is 0.555. The topological polar surface area (TPSA) is 37.8 Å². The van der Waals surface area contributed by atoms with Crippen LogP contribution < -0.4 is 5.32 Å². The molecule has 122 valence electrons. The maximum Gasteiger partial charge on any atom is 0.126 e. The second kappa shape index (κ2) is 7.45. The van der Waals surface area contributed by atoms with Crippen LogP contribution in [-0.2, 0) is 0 Å². The van der Waals surface area contributed by atoms with E-state index in [2.05, 4.69) is 21.4 Å². The van der Waals surface area contributed by atoms with Crippen molar-refractivity contribution in [3.05, 3.63) is 72.4 Å². The van der Waals surface area contributed by atoms with E-state index in [0.29, 0.717) is 0 Å². The number of anilines is 1. The van der Waals surface area contributed by atoms with Crippen molar-refractivity contribution in [2.75, 3.05) is 11.6 Å². The zero-order valence-corrected chi connectivity index (χ0v) is 14.3. The van der Waals surface area contributed by atoms with Crippen LogP contribution in [0.1, 0.15) is 18.5 Å². The van der Waals surface area contributed by atoms with Gasteiger partial charge in [-0.05, 0) is 49.1 Å². The molecule has 24 heavy (non-hydrogen) atoms. The van der Waals surface area contributed by atoms with Crippen LogP contribution in [0.3, 0.4) is 0 Å². The van der Waals surface area contributed by atoms with E-state index in [1.165, 1.54) is 12.1 Å². The fourth-order valence-corrected chi connectivity index (χ4v) is 2.81. The molecule has 0 radical (unpaired) electrons. The number of nitrogens with zero attached hydrogens (tertiary/aromatic N) is 2. The molecule has 2 heterocycles. The molecule has 0 aliphatic carbocycles. The van der Waals surface area contributed by atoms with Gasteiger partial charge in [-0.3, -0.25) is 4.98 Å². The number of hydrogen-bond acceptors (Lipinski definition) is 4. The highest BCUT2D eigenvalue weighted by atomic mass is 32.2. The van der Waals surface area contributed by atoms with Crippen molar-refractivity contribution in [2.45, 2.75) is 17.9 Å². The number of benzene rings is 1. The molecule has 0 spiro atoms. The lowest BCUT2D eigenvalue weighted by molar-refractivity contribution is 0.626. The Hall–Kier alpha value is -2.40. The van der Waals surface area contributed by atoms with Crippen molar-refractivity contribution in [3.63, 3.8) is 0 Å². The third kappa shape index (κ3) is 3.92. The molecule has 0 aliphatic heterocycles. The lowest BCUT2D eigenvalue weighted by Crippen LogP contribution is -2.07. The highest BCUT2D eigenvalue weighted by Gasteiger charge is 2.07. The Morgan fingerprint density at radius 2 is 1.79 bits per heavy atom. The normalized spacial score (nSPS) is 12.0. The molecule has 0 amide bonds. The molecule has 0 aliphatic rings. The van der Waals surface area contributed by atoms with Crippen LogP contribution in [0.2, 0.25) is 0 Å². The maximum atomic E-state index is 13.0. The molecular weight excluding hydrogens is 321 g/mol. The van der Waals surface area contributed by atoms with Crippen LogP contribution >= 0.6 is 11.8 Å². The number of halogens is 1. The van der Waals surface area contributed by atoms with Crippen LogP contribution in [0.25, 0.3) is 11.1 Å². The van der Waals surface area contributed by atoms with E-state index in [-0.39, 0.29) is 11.9 Å². The summed E-state index contributed by atoms with van der Waals surface area (Å²) >= 11 is 1.67. The van der Waals surface area contributed by atoms with Crippen molar-refractivity contribution in [3.8, 4) is 11.1 Å². The molecule has 3 nitrogen and oxygen atoms in total. The fourth-order valence-electron chi connectivity index (χ4n) is 2.39. The summed E-state index contributed by atoms with van der Waals surface area (Å²) in [6.07, 6.45) is 7.55. The number of rotatable bonds is 5. The van der Waals surface area contributed by atoms with Crippen molar-refractivity contribution in [1.29, 1.82) is 0 Å². The number of pyridine rings is 2. The largest absolute Gasteiger partial charge is 0.364 e. The molecule has 1 aromatic carbocycles. The Morgan fingerprint density at radius 3 is 2.46 bits per heavy atom. The molecule has 5 heteroatoms. The van der Waals surface area contributed by atoms with Crippen LogP contribution in [0.5, 0.6) is 0 Å². The average Bonchev–Trinajstić information content (AvgIpc) is 2.63. The van der Waals surface area contributed by atoms with E-state index in [9.17, 15) is 4.39 Å². The van der Waals surface area contributed by atoms with Crippen LogP contribution in [0, 0.1) is 5.82 Å². The SMILES string of the molecule is CSc1cncc(-c2ccc(NC(C)c3ccc(F)cc3)nc2)c1. The third-order valence-electron chi connectivity index (χ3n) is 3.78. The van der Waals surface area contributed by atoms with Gasteiger partial charge >= 0.3 is 0 Å². The van der Waals surface area contributed by atoms with Crippen LogP contribution in [0.4, 0.5) is 10.2 Å². The first kappa shape index (κ1) is 16.5. The maximum absolute atomic E-state index is 13.0.